The second kappa shape index (κ2) is 9.20. The Labute approximate surface area is 106 Å². The van der Waals surface area contributed by atoms with E-state index in [2.05, 4.69) is 42.2 Å². The fraction of sp³-hybridized carbons (Fsp3) is 0.600. The van der Waals surface area contributed by atoms with E-state index in [-0.39, 0.29) is 0 Å². The van der Waals surface area contributed by atoms with Gasteiger partial charge in [-0.1, -0.05) is 37.3 Å². The number of hydrogen-bond donors (Lipinski definition) is 1. The van der Waals surface area contributed by atoms with E-state index in [1.54, 1.807) is 0 Å². The van der Waals surface area contributed by atoms with E-state index in [0.717, 1.165) is 19.5 Å². The van der Waals surface area contributed by atoms with E-state index < -0.39 is 0 Å². The Bertz CT molecular complexity index is 272. The van der Waals surface area contributed by atoms with Crippen LogP contribution in [-0.4, -0.2) is 31.1 Å². The Morgan fingerprint density at radius 2 is 1.71 bits per heavy atom. The molecule has 0 aliphatic heterocycles. The minimum absolute atomic E-state index is 0.804. The average Bonchev–Trinajstić information content (AvgIpc) is 2.37. The quantitative estimate of drug-likeness (QED) is 0.712. The molecule has 0 saturated heterocycles. The van der Waals surface area contributed by atoms with Gasteiger partial charge in [-0.05, 0) is 57.4 Å². The van der Waals surface area contributed by atoms with Crippen molar-refractivity contribution in [2.24, 2.45) is 5.73 Å². The zero-order valence-electron chi connectivity index (χ0n) is 11.1. The van der Waals surface area contributed by atoms with Gasteiger partial charge < -0.3 is 10.6 Å². The van der Waals surface area contributed by atoms with Crippen molar-refractivity contribution in [2.75, 3.05) is 26.2 Å². The minimum atomic E-state index is 0.804. The van der Waals surface area contributed by atoms with E-state index in [1.807, 2.05) is 0 Å². The minimum Gasteiger partial charge on any atom is -0.330 e. The summed E-state index contributed by atoms with van der Waals surface area (Å²) in [4.78, 5) is 2.54. The Morgan fingerprint density at radius 3 is 2.35 bits per heavy atom. The van der Waals surface area contributed by atoms with Gasteiger partial charge in [0.25, 0.3) is 0 Å². The molecule has 0 fully saturated rings. The molecule has 96 valence electrons. The van der Waals surface area contributed by atoms with Gasteiger partial charge in [0.2, 0.25) is 0 Å². The molecule has 0 radical (unpaired) electrons. The summed E-state index contributed by atoms with van der Waals surface area (Å²) in [6.07, 6.45) is 4.78. The normalized spacial score (nSPS) is 11.0. The molecule has 0 unspecified atom stereocenters. The van der Waals surface area contributed by atoms with Gasteiger partial charge in [-0.25, -0.2) is 0 Å². The molecule has 2 N–H and O–H groups in total. The van der Waals surface area contributed by atoms with Gasteiger partial charge in [0.1, 0.15) is 0 Å². The summed E-state index contributed by atoms with van der Waals surface area (Å²) in [6, 6.07) is 10.7. The van der Waals surface area contributed by atoms with Crippen LogP contribution in [0.5, 0.6) is 0 Å². The third kappa shape index (κ3) is 6.44. The van der Waals surface area contributed by atoms with Gasteiger partial charge >= 0.3 is 0 Å². The topological polar surface area (TPSA) is 29.3 Å². The lowest BCUT2D eigenvalue weighted by Gasteiger charge is -2.21. The van der Waals surface area contributed by atoms with Crippen LogP contribution in [0.1, 0.15) is 31.7 Å². The summed E-state index contributed by atoms with van der Waals surface area (Å²) in [5.74, 6) is 0. The highest BCUT2D eigenvalue weighted by atomic mass is 15.1. The highest BCUT2D eigenvalue weighted by Crippen LogP contribution is 2.04. The molecule has 0 bridgehead atoms. The maximum Gasteiger partial charge on any atom is -0.000672 e. The van der Waals surface area contributed by atoms with E-state index in [9.17, 15) is 0 Å². The smallest absolute Gasteiger partial charge is 0.000672 e. The highest BCUT2D eigenvalue weighted by Gasteiger charge is 2.02. The van der Waals surface area contributed by atoms with Crippen molar-refractivity contribution in [1.82, 2.24) is 4.90 Å². The Balaban J connectivity index is 2.22. The molecule has 0 spiro atoms. The number of aryl methyl sites for hydroxylation is 1. The van der Waals surface area contributed by atoms with E-state index in [4.69, 9.17) is 5.73 Å². The Hall–Kier alpha value is -0.860. The average molecular weight is 234 g/mol. The van der Waals surface area contributed by atoms with E-state index in [0.29, 0.717) is 0 Å². The fourth-order valence-corrected chi connectivity index (χ4v) is 2.12. The van der Waals surface area contributed by atoms with Crippen LogP contribution in [0, 0.1) is 0 Å². The van der Waals surface area contributed by atoms with Crippen molar-refractivity contribution in [1.29, 1.82) is 0 Å². The molecule has 2 nitrogen and oxygen atoms in total. The number of nitrogens with zero attached hydrogens (tertiary/aromatic N) is 1. The molecule has 0 aliphatic rings. The van der Waals surface area contributed by atoms with Crippen LogP contribution >= 0.6 is 0 Å². The van der Waals surface area contributed by atoms with Gasteiger partial charge in [-0.2, -0.15) is 0 Å². The molecule has 0 atom stereocenters. The fourth-order valence-electron chi connectivity index (χ4n) is 2.12. The lowest BCUT2D eigenvalue weighted by molar-refractivity contribution is 0.269. The van der Waals surface area contributed by atoms with Crippen molar-refractivity contribution in [3.8, 4) is 0 Å². The largest absolute Gasteiger partial charge is 0.330 e. The first-order chi connectivity index (χ1) is 8.36. The summed E-state index contributed by atoms with van der Waals surface area (Å²) >= 11 is 0. The first kappa shape index (κ1) is 14.2. The standard InChI is InChI=1S/C15H26N2/c1-2-12-17(14-7-11-16)13-6-10-15-8-4-3-5-9-15/h3-5,8-9H,2,6-7,10-14,16H2,1H3. The van der Waals surface area contributed by atoms with Crippen LogP contribution < -0.4 is 5.73 Å². The van der Waals surface area contributed by atoms with Crippen LogP contribution in [0.4, 0.5) is 0 Å². The molecule has 0 amide bonds. The summed E-state index contributed by atoms with van der Waals surface area (Å²) < 4.78 is 0. The van der Waals surface area contributed by atoms with Gasteiger partial charge in [0.15, 0.2) is 0 Å². The zero-order valence-corrected chi connectivity index (χ0v) is 11.1. The van der Waals surface area contributed by atoms with Crippen LogP contribution in [-0.2, 0) is 6.42 Å². The van der Waals surface area contributed by atoms with Crippen LogP contribution in [0.25, 0.3) is 0 Å². The number of rotatable bonds is 9. The first-order valence-corrected chi connectivity index (χ1v) is 6.83. The summed E-state index contributed by atoms with van der Waals surface area (Å²) in [5.41, 5.74) is 7.01. The Kier molecular flexibility index (Phi) is 7.69. The van der Waals surface area contributed by atoms with Gasteiger partial charge in [-0.3, -0.25) is 0 Å². The molecule has 1 aromatic carbocycles. The predicted octanol–water partition coefficient (Wildman–Crippen LogP) is 2.68. The first-order valence-electron chi connectivity index (χ1n) is 6.83. The molecule has 0 heterocycles. The van der Waals surface area contributed by atoms with Crippen molar-refractivity contribution < 1.29 is 0 Å². The van der Waals surface area contributed by atoms with Gasteiger partial charge in [-0.15, -0.1) is 0 Å². The lowest BCUT2D eigenvalue weighted by atomic mass is 10.1. The zero-order chi connectivity index (χ0) is 12.3. The summed E-state index contributed by atoms with van der Waals surface area (Å²) in [5, 5.41) is 0. The summed E-state index contributed by atoms with van der Waals surface area (Å²) in [7, 11) is 0. The molecule has 1 rings (SSSR count). The third-order valence-electron chi connectivity index (χ3n) is 3.00. The van der Waals surface area contributed by atoms with Crippen molar-refractivity contribution in [3.63, 3.8) is 0 Å². The van der Waals surface area contributed by atoms with Gasteiger partial charge in [0, 0.05) is 0 Å². The molecule has 17 heavy (non-hydrogen) atoms. The SMILES string of the molecule is CCCN(CCCN)CCCc1ccccc1. The van der Waals surface area contributed by atoms with Crippen molar-refractivity contribution >= 4 is 0 Å². The third-order valence-corrected chi connectivity index (χ3v) is 3.00. The molecule has 0 aromatic heterocycles. The maximum atomic E-state index is 5.57. The number of nitrogens with two attached hydrogens (primary N) is 1. The second-order valence-electron chi connectivity index (χ2n) is 4.57. The van der Waals surface area contributed by atoms with Crippen LogP contribution in [0.3, 0.4) is 0 Å². The van der Waals surface area contributed by atoms with Crippen molar-refractivity contribution in [2.45, 2.75) is 32.6 Å². The Morgan fingerprint density at radius 1 is 1.00 bits per heavy atom. The molecule has 0 saturated carbocycles. The molecule has 2 heteroatoms. The van der Waals surface area contributed by atoms with E-state index in [1.165, 1.54) is 37.9 Å². The lowest BCUT2D eigenvalue weighted by Crippen LogP contribution is -2.28. The van der Waals surface area contributed by atoms with Crippen LogP contribution in [0.2, 0.25) is 0 Å². The monoisotopic (exact) mass is 234 g/mol. The molecular weight excluding hydrogens is 208 g/mol. The number of benzene rings is 1. The molecular formula is C15H26N2. The predicted molar refractivity (Wildman–Crippen MR) is 75.2 cm³/mol. The van der Waals surface area contributed by atoms with E-state index >= 15 is 0 Å². The van der Waals surface area contributed by atoms with Crippen molar-refractivity contribution in [3.05, 3.63) is 35.9 Å². The summed E-state index contributed by atoms with van der Waals surface area (Å²) in [6.45, 7) is 6.60. The van der Waals surface area contributed by atoms with Crippen LogP contribution in [0.15, 0.2) is 30.3 Å². The van der Waals surface area contributed by atoms with Gasteiger partial charge in [0.05, 0.1) is 0 Å². The number of hydrogen-bond acceptors (Lipinski definition) is 2. The highest BCUT2D eigenvalue weighted by molar-refractivity contribution is 5.14. The second-order valence-corrected chi connectivity index (χ2v) is 4.57. The maximum absolute atomic E-state index is 5.57. The molecule has 0 aliphatic carbocycles. The molecule has 1 aromatic rings.